The van der Waals surface area contributed by atoms with Crippen LogP contribution in [-0.4, -0.2) is 17.0 Å². The zero-order valence-corrected chi connectivity index (χ0v) is 11.5. The highest BCUT2D eigenvalue weighted by atomic mass is 16.4. The zero-order valence-electron chi connectivity index (χ0n) is 11.5. The van der Waals surface area contributed by atoms with E-state index in [0.717, 1.165) is 30.5 Å². The van der Waals surface area contributed by atoms with Crippen molar-refractivity contribution in [2.75, 3.05) is 5.32 Å². The van der Waals surface area contributed by atoms with Crippen LogP contribution in [0, 0.1) is 30.6 Å². The molecule has 2 N–H and O–H groups in total. The van der Waals surface area contributed by atoms with Gasteiger partial charge in [0.1, 0.15) is 0 Å². The fourth-order valence-corrected chi connectivity index (χ4v) is 3.89. The predicted molar refractivity (Wildman–Crippen MR) is 75.3 cm³/mol. The summed E-state index contributed by atoms with van der Waals surface area (Å²) in [7, 11) is 0. The third-order valence-corrected chi connectivity index (χ3v) is 4.82. The van der Waals surface area contributed by atoms with E-state index in [2.05, 4.69) is 5.32 Å². The number of carboxylic acid groups (broad SMARTS) is 1. The Morgan fingerprint density at radius 1 is 1.10 bits per heavy atom. The molecule has 4 nitrogen and oxygen atoms in total. The molecule has 3 rings (SSSR count). The molecule has 2 aliphatic rings. The van der Waals surface area contributed by atoms with Crippen molar-refractivity contribution in [3.8, 4) is 0 Å². The third-order valence-electron chi connectivity index (χ3n) is 4.82. The van der Waals surface area contributed by atoms with E-state index >= 15 is 0 Å². The number of carbonyl (C=O) groups excluding carboxylic acids is 1. The first-order valence-corrected chi connectivity index (χ1v) is 7.16. The van der Waals surface area contributed by atoms with Gasteiger partial charge in [-0.1, -0.05) is 17.7 Å². The fraction of sp³-hybridized carbons (Fsp3) is 0.500. The normalized spacial score (nSPS) is 31.2. The number of nitrogens with one attached hydrogen (secondary N) is 1. The molecular weight excluding hydrogens is 254 g/mol. The fourth-order valence-electron chi connectivity index (χ4n) is 3.89. The number of rotatable bonds is 3. The van der Waals surface area contributed by atoms with Gasteiger partial charge in [-0.05, 0) is 50.2 Å². The summed E-state index contributed by atoms with van der Waals surface area (Å²) in [4.78, 5) is 23.9. The molecule has 0 spiro atoms. The largest absolute Gasteiger partial charge is 0.481 e. The quantitative estimate of drug-likeness (QED) is 0.889. The second-order valence-corrected chi connectivity index (χ2v) is 6.08. The smallest absolute Gasteiger partial charge is 0.307 e. The van der Waals surface area contributed by atoms with E-state index in [1.165, 1.54) is 0 Å². The highest BCUT2D eigenvalue weighted by Gasteiger charge is 2.53. The lowest BCUT2D eigenvalue weighted by molar-refractivity contribution is -0.148. The molecule has 1 amide bonds. The molecule has 1 aromatic rings. The van der Waals surface area contributed by atoms with Gasteiger partial charge in [0.15, 0.2) is 0 Å². The molecule has 0 aromatic heterocycles. The second-order valence-electron chi connectivity index (χ2n) is 6.08. The molecule has 106 valence electrons. The molecule has 0 heterocycles. The first-order chi connectivity index (χ1) is 9.56. The zero-order chi connectivity index (χ0) is 14.3. The average Bonchev–Trinajstić information content (AvgIpc) is 3.01. The molecule has 0 radical (unpaired) electrons. The maximum absolute atomic E-state index is 12.4. The van der Waals surface area contributed by atoms with Crippen molar-refractivity contribution >= 4 is 17.6 Å². The van der Waals surface area contributed by atoms with Crippen LogP contribution in [0.2, 0.25) is 0 Å². The predicted octanol–water partition coefficient (Wildman–Crippen LogP) is 2.68. The van der Waals surface area contributed by atoms with E-state index in [9.17, 15) is 14.7 Å². The standard InChI is InChI=1S/C16H19NO3/c1-9-2-6-12(7-3-9)17-15(18)13-10-4-5-11(8-10)14(13)16(19)20/h2-3,6-7,10-11,13-14H,4-5,8H2,1H3,(H,17,18)(H,19,20)/t10-,11+,13-,14+/m1/s1. The number of hydrogen-bond donors (Lipinski definition) is 2. The molecule has 2 fully saturated rings. The van der Waals surface area contributed by atoms with Crippen LogP contribution >= 0.6 is 0 Å². The van der Waals surface area contributed by atoms with E-state index in [0.29, 0.717) is 0 Å². The van der Waals surface area contributed by atoms with Crippen LogP contribution in [0.1, 0.15) is 24.8 Å². The summed E-state index contributed by atoms with van der Waals surface area (Å²) in [5.41, 5.74) is 1.87. The van der Waals surface area contributed by atoms with Gasteiger partial charge in [0.2, 0.25) is 5.91 Å². The maximum Gasteiger partial charge on any atom is 0.307 e. The van der Waals surface area contributed by atoms with Gasteiger partial charge < -0.3 is 10.4 Å². The van der Waals surface area contributed by atoms with E-state index in [1.807, 2.05) is 31.2 Å². The van der Waals surface area contributed by atoms with Gasteiger partial charge in [0.25, 0.3) is 0 Å². The first kappa shape index (κ1) is 13.2. The molecule has 0 saturated heterocycles. The van der Waals surface area contributed by atoms with E-state index in [-0.39, 0.29) is 23.7 Å². The van der Waals surface area contributed by atoms with Gasteiger partial charge in [0, 0.05) is 5.69 Å². The molecule has 20 heavy (non-hydrogen) atoms. The van der Waals surface area contributed by atoms with Crippen LogP contribution in [0.15, 0.2) is 24.3 Å². The number of aliphatic carboxylic acids is 1. The van der Waals surface area contributed by atoms with Gasteiger partial charge >= 0.3 is 5.97 Å². The minimum atomic E-state index is -0.818. The lowest BCUT2D eigenvalue weighted by atomic mass is 9.78. The van der Waals surface area contributed by atoms with Crippen LogP contribution in [0.3, 0.4) is 0 Å². The van der Waals surface area contributed by atoms with Gasteiger partial charge in [0.05, 0.1) is 11.8 Å². The van der Waals surface area contributed by atoms with Gasteiger partial charge in [-0.15, -0.1) is 0 Å². The molecule has 1 aromatic carbocycles. The number of aryl methyl sites for hydroxylation is 1. The molecule has 2 bridgehead atoms. The minimum Gasteiger partial charge on any atom is -0.481 e. The summed E-state index contributed by atoms with van der Waals surface area (Å²) in [6.07, 6.45) is 2.83. The Hall–Kier alpha value is -1.84. The molecule has 4 heteroatoms. The number of carbonyl (C=O) groups is 2. The first-order valence-electron chi connectivity index (χ1n) is 7.16. The SMILES string of the molecule is Cc1ccc(NC(=O)[C@@H]2[C@@H]3CC[C@@H](C3)[C@@H]2C(=O)O)cc1. The van der Waals surface area contributed by atoms with Crippen molar-refractivity contribution < 1.29 is 14.7 Å². The van der Waals surface area contributed by atoms with Crippen LogP contribution < -0.4 is 5.32 Å². The average molecular weight is 273 g/mol. The molecule has 2 aliphatic carbocycles. The van der Waals surface area contributed by atoms with Crippen molar-refractivity contribution in [1.29, 1.82) is 0 Å². The Labute approximate surface area is 118 Å². The highest BCUT2D eigenvalue weighted by molar-refractivity contribution is 5.96. The number of anilines is 1. The van der Waals surface area contributed by atoms with Gasteiger partial charge in [-0.3, -0.25) is 9.59 Å². The van der Waals surface area contributed by atoms with Crippen LogP contribution in [0.4, 0.5) is 5.69 Å². The number of hydrogen-bond acceptors (Lipinski definition) is 2. The molecule has 0 unspecified atom stereocenters. The van der Waals surface area contributed by atoms with Crippen molar-refractivity contribution in [3.63, 3.8) is 0 Å². The summed E-state index contributed by atoms with van der Waals surface area (Å²) in [5, 5.41) is 12.3. The third kappa shape index (κ3) is 2.19. The maximum atomic E-state index is 12.4. The van der Waals surface area contributed by atoms with E-state index < -0.39 is 11.9 Å². The monoisotopic (exact) mass is 273 g/mol. The Balaban J connectivity index is 1.76. The van der Waals surface area contributed by atoms with Gasteiger partial charge in [-0.25, -0.2) is 0 Å². The lowest BCUT2D eigenvalue weighted by Gasteiger charge is -2.27. The summed E-state index contributed by atoms with van der Waals surface area (Å²) >= 11 is 0. The van der Waals surface area contributed by atoms with Crippen LogP contribution in [0.5, 0.6) is 0 Å². The Bertz CT molecular complexity index is 537. The summed E-state index contributed by atoms with van der Waals surface area (Å²) < 4.78 is 0. The molecule has 0 aliphatic heterocycles. The minimum absolute atomic E-state index is 0.131. The van der Waals surface area contributed by atoms with Crippen LogP contribution in [0.25, 0.3) is 0 Å². The lowest BCUT2D eigenvalue weighted by Crippen LogP contribution is -2.37. The Kier molecular flexibility index (Phi) is 3.24. The molecular formula is C16H19NO3. The number of fused-ring (bicyclic) bond motifs is 2. The van der Waals surface area contributed by atoms with E-state index in [1.54, 1.807) is 0 Å². The summed E-state index contributed by atoms with van der Waals surface area (Å²) in [6.45, 7) is 1.99. The van der Waals surface area contributed by atoms with Crippen molar-refractivity contribution in [2.24, 2.45) is 23.7 Å². The second kappa shape index (κ2) is 4.93. The van der Waals surface area contributed by atoms with Gasteiger partial charge in [-0.2, -0.15) is 0 Å². The summed E-state index contributed by atoms with van der Waals surface area (Å²) in [6, 6.07) is 7.59. The number of amides is 1. The van der Waals surface area contributed by atoms with Crippen molar-refractivity contribution in [1.82, 2.24) is 0 Å². The van der Waals surface area contributed by atoms with Crippen molar-refractivity contribution in [2.45, 2.75) is 26.2 Å². The number of carboxylic acids is 1. The Morgan fingerprint density at radius 3 is 2.30 bits per heavy atom. The van der Waals surface area contributed by atoms with E-state index in [4.69, 9.17) is 0 Å². The Morgan fingerprint density at radius 2 is 1.70 bits per heavy atom. The highest BCUT2D eigenvalue weighted by Crippen LogP contribution is 2.52. The summed E-state index contributed by atoms with van der Waals surface area (Å²) in [5.74, 6) is -1.39. The number of benzene rings is 1. The topological polar surface area (TPSA) is 66.4 Å². The molecule has 2 saturated carbocycles. The molecule has 4 atom stereocenters. The van der Waals surface area contributed by atoms with Crippen LogP contribution in [-0.2, 0) is 9.59 Å². The van der Waals surface area contributed by atoms with Crippen molar-refractivity contribution in [3.05, 3.63) is 29.8 Å².